The third kappa shape index (κ3) is 6.01. The molecule has 0 radical (unpaired) electrons. The van der Waals surface area contributed by atoms with Crippen LogP contribution in [-0.2, 0) is 19.1 Å². The quantitative estimate of drug-likeness (QED) is 0.186. The van der Waals surface area contributed by atoms with Crippen molar-refractivity contribution < 1.29 is 22.4 Å². The second kappa shape index (κ2) is 11.0. The first-order chi connectivity index (χ1) is 17.6. The van der Waals surface area contributed by atoms with Crippen molar-refractivity contribution in [2.75, 3.05) is 5.75 Å². The highest BCUT2D eigenvalue weighted by molar-refractivity contribution is 7.99. The van der Waals surface area contributed by atoms with Crippen LogP contribution in [0.1, 0.15) is 59.6 Å². The summed E-state index contributed by atoms with van der Waals surface area (Å²) in [5.74, 6) is -0.262. The summed E-state index contributed by atoms with van der Waals surface area (Å²) in [5, 5.41) is 3.36. The van der Waals surface area contributed by atoms with Gasteiger partial charge in [-0.2, -0.15) is 13.2 Å². The molecule has 194 valence electrons. The molecule has 0 unspecified atom stereocenters. The average molecular weight is 529 g/mol. The zero-order chi connectivity index (χ0) is 26.7. The number of alkyl halides is 3. The van der Waals surface area contributed by atoms with Gasteiger partial charge in [0.1, 0.15) is 5.82 Å². The van der Waals surface area contributed by atoms with Gasteiger partial charge >= 0.3 is 6.18 Å². The summed E-state index contributed by atoms with van der Waals surface area (Å²) in [6, 6.07) is 17.6. The van der Waals surface area contributed by atoms with Crippen molar-refractivity contribution in [3.63, 3.8) is 0 Å². The number of nitrogens with zero attached hydrogens (tertiary/aromatic N) is 1. The van der Waals surface area contributed by atoms with Gasteiger partial charge < -0.3 is 9.88 Å². The average Bonchev–Trinajstić information content (AvgIpc) is 3.19. The second-order valence-electron chi connectivity index (χ2n) is 9.08. The number of aromatic nitrogens is 1. The lowest BCUT2D eigenvalue weighted by Crippen LogP contribution is -2.23. The van der Waals surface area contributed by atoms with Crippen molar-refractivity contribution in [1.82, 2.24) is 9.88 Å². The van der Waals surface area contributed by atoms with E-state index in [-0.39, 0.29) is 30.1 Å². The number of amides is 1. The van der Waals surface area contributed by atoms with E-state index < -0.39 is 23.5 Å². The SMILES string of the molecule is CCSc1ccc(CNC(=O)c2cc3cc(Cc4ccccc4C(F)(F)F)n(C(C)C)c3cc2F)cc1. The third-order valence-corrected chi connectivity index (χ3v) is 7.04. The van der Waals surface area contributed by atoms with Gasteiger partial charge in [0.15, 0.2) is 0 Å². The number of halogens is 4. The summed E-state index contributed by atoms with van der Waals surface area (Å²) in [6.45, 7) is 6.10. The molecule has 0 atom stereocenters. The lowest BCUT2D eigenvalue weighted by molar-refractivity contribution is -0.138. The normalized spacial score (nSPS) is 11.9. The maximum atomic E-state index is 15.1. The molecule has 3 nitrogen and oxygen atoms in total. The van der Waals surface area contributed by atoms with E-state index in [9.17, 15) is 18.0 Å². The van der Waals surface area contributed by atoms with E-state index in [1.165, 1.54) is 24.3 Å². The molecular formula is C29H28F4N2OS. The van der Waals surface area contributed by atoms with Crippen LogP contribution in [0.25, 0.3) is 10.9 Å². The van der Waals surface area contributed by atoms with Gasteiger partial charge in [-0.1, -0.05) is 37.3 Å². The van der Waals surface area contributed by atoms with Crippen LogP contribution in [0.3, 0.4) is 0 Å². The zero-order valence-electron chi connectivity index (χ0n) is 20.8. The Morgan fingerprint density at radius 1 is 1.03 bits per heavy atom. The van der Waals surface area contributed by atoms with Crippen LogP contribution in [0.5, 0.6) is 0 Å². The summed E-state index contributed by atoms with van der Waals surface area (Å²) in [4.78, 5) is 14.0. The zero-order valence-corrected chi connectivity index (χ0v) is 21.6. The Morgan fingerprint density at radius 2 is 1.73 bits per heavy atom. The van der Waals surface area contributed by atoms with E-state index >= 15 is 4.39 Å². The summed E-state index contributed by atoms with van der Waals surface area (Å²) in [5.41, 5.74) is 1.39. The lowest BCUT2D eigenvalue weighted by Gasteiger charge is -2.17. The second-order valence-corrected chi connectivity index (χ2v) is 10.4. The van der Waals surface area contributed by atoms with E-state index in [1.54, 1.807) is 23.9 Å². The van der Waals surface area contributed by atoms with Crippen molar-refractivity contribution >= 4 is 28.6 Å². The number of hydrogen-bond acceptors (Lipinski definition) is 2. The van der Waals surface area contributed by atoms with Crippen molar-refractivity contribution in [3.05, 3.63) is 100 Å². The van der Waals surface area contributed by atoms with Crippen molar-refractivity contribution in [2.45, 2.75) is 50.9 Å². The lowest BCUT2D eigenvalue weighted by atomic mass is 10.0. The molecule has 1 heterocycles. The first-order valence-electron chi connectivity index (χ1n) is 12.1. The Bertz CT molecular complexity index is 1410. The van der Waals surface area contributed by atoms with Crippen LogP contribution in [0.2, 0.25) is 0 Å². The van der Waals surface area contributed by atoms with Gasteiger partial charge in [-0.05, 0) is 67.1 Å². The van der Waals surface area contributed by atoms with E-state index in [0.717, 1.165) is 22.3 Å². The minimum Gasteiger partial charge on any atom is -0.348 e. The van der Waals surface area contributed by atoms with Gasteiger partial charge in [0.05, 0.1) is 16.6 Å². The first kappa shape index (κ1) is 26.8. The van der Waals surface area contributed by atoms with Crippen molar-refractivity contribution in [2.24, 2.45) is 0 Å². The molecule has 1 amide bonds. The number of hydrogen-bond donors (Lipinski definition) is 1. The van der Waals surface area contributed by atoms with E-state index in [2.05, 4.69) is 12.2 Å². The van der Waals surface area contributed by atoms with Gasteiger partial charge in [-0.25, -0.2) is 4.39 Å². The minimum absolute atomic E-state index is 0.0258. The summed E-state index contributed by atoms with van der Waals surface area (Å²) < 4.78 is 57.6. The third-order valence-electron chi connectivity index (χ3n) is 6.15. The fourth-order valence-electron chi connectivity index (χ4n) is 4.52. The maximum absolute atomic E-state index is 15.1. The number of rotatable bonds is 8. The molecule has 0 fully saturated rings. The number of benzene rings is 3. The van der Waals surface area contributed by atoms with Gasteiger partial charge in [-0.15, -0.1) is 11.8 Å². The van der Waals surface area contributed by atoms with E-state index in [0.29, 0.717) is 16.6 Å². The standard InChI is InChI=1S/C29H28F4N2OS/c1-4-37-23-11-9-19(10-12-23)17-34-28(36)24-15-21-14-22(35(18(2)3)27(21)16-26(24)30)13-20-7-5-6-8-25(20)29(31,32)33/h5-12,14-16,18H,4,13,17H2,1-3H3,(H,34,36). The highest BCUT2D eigenvalue weighted by atomic mass is 32.2. The van der Waals surface area contributed by atoms with Crippen LogP contribution >= 0.6 is 11.8 Å². The van der Waals surface area contributed by atoms with Crippen LogP contribution in [0.4, 0.5) is 17.6 Å². The molecule has 37 heavy (non-hydrogen) atoms. The molecule has 4 aromatic rings. The predicted octanol–water partition coefficient (Wildman–Crippen LogP) is 8.01. The first-order valence-corrected chi connectivity index (χ1v) is 13.1. The molecule has 1 N–H and O–H groups in total. The highest BCUT2D eigenvalue weighted by Crippen LogP contribution is 2.34. The molecule has 0 spiro atoms. The Balaban J connectivity index is 1.62. The molecule has 0 saturated carbocycles. The molecule has 0 aliphatic carbocycles. The summed E-state index contributed by atoms with van der Waals surface area (Å²) in [7, 11) is 0. The topological polar surface area (TPSA) is 34.0 Å². The van der Waals surface area contributed by atoms with Crippen molar-refractivity contribution in [3.8, 4) is 0 Å². The molecular weight excluding hydrogens is 500 g/mol. The van der Waals surface area contributed by atoms with Gasteiger partial charge in [0, 0.05) is 35.0 Å². The monoisotopic (exact) mass is 528 g/mol. The smallest absolute Gasteiger partial charge is 0.348 e. The highest BCUT2D eigenvalue weighted by Gasteiger charge is 2.33. The van der Waals surface area contributed by atoms with Gasteiger partial charge in [0.2, 0.25) is 0 Å². The van der Waals surface area contributed by atoms with Gasteiger partial charge in [-0.3, -0.25) is 4.79 Å². The molecule has 0 aliphatic heterocycles. The molecule has 3 aromatic carbocycles. The predicted molar refractivity (Wildman–Crippen MR) is 141 cm³/mol. The minimum atomic E-state index is -4.47. The summed E-state index contributed by atoms with van der Waals surface area (Å²) >= 11 is 1.72. The van der Waals surface area contributed by atoms with E-state index in [1.807, 2.05) is 42.7 Å². The van der Waals surface area contributed by atoms with Crippen LogP contribution in [0, 0.1) is 5.82 Å². The Labute approximate surface area is 217 Å². The fourth-order valence-corrected chi connectivity index (χ4v) is 5.18. The molecule has 0 saturated heterocycles. The maximum Gasteiger partial charge on any atom is 0.416 e. The number of carbonyl (C=O) groups excluding carboxylic acids is 1. The Morgan fingerprint density at radius 3 is 2.38 bits per heavy atom. The van der Waals surface area contributed by atoms with Crippen molar-refractivity contribution in [1.29, 1.82) is 0 Å². The number of fused-ring (bicyclic) bond motifs is 1. The van der Waals surface area contributed by atoms with Crippen LogP contribution in [0.15, 0.2) is 71.6 Å². The molecule has 0 aliphatic rings. The number of nitrogens with one attached hydrogen (secondary N) is 1. The Hall–Kier alpha value is -3.26. The van der Waals surface area contributed by atoms with Crippen LogP contribution < -0.4 is 5.32 Å². The van der Waals surface area contributed by atoms with Crippen LogP contribution in [-0.4, -0.2) is 16.2 Å². The van der Waals surface area contributed by atoms with E-state index in [4.69, 9.17) is 0 Å². The number of thioether (sulfide) groups is 1. The number of carbonyl (C=O) groups is 1. The van der Waals surface area contributed by atoms with Gasteiger partial charge in [0.25, 0.3) is 5.91 Å². The molecule has 1 aromatic heterocycles. The molecule has 4 rings (SSSR count). The largest absolute Gasteiger partial charge is 0.416 e. The summed E-state index contributed by atoms with van der Waals surface area (Å²) in [6.07, 6.45) is -4.45. The molecule has 8 heteroatoms. The fraction of sp³-hybridized carbons (Fsp3) is 0.276. The molecule has 0 bridgehead atoms. The Kier molecular flexibility index (Phi) is 7.97.